The molecule has 1 nitrogen and oxygen atoms in total. The zero-order valence-electron chi connectivity index (χ0n) is 6.66. The summed E-state index contributed by atoms with van der Waals surface area (Å²) in [6.07, 6.45) is 5.17. The quantitative estimate of drug-likeness (QED) is 0.740. The molecule has 2 rings (SSSR count). The molecule has 0 aliphatic heterocycles. The highest BCUT2D eigenvalue weighted by Crippen LogP contribution is 2.12. The zero-order chi connectivity index (χ0) is 8.23. The maximum atomic E-state index is 3.15. The van der Waals surface area contributed by atoms with Crippen molar-refractivity contribution in [1.82, 2.24) is 4.98 Å². The zero-order valence-corrected chi connectivity index (χ0v) is 7.47. The summed E-state index contributed by atoms with van der Waals surface area (Å²) >= 11 is 1.80. The van der Waals surface area contributed by atoms with E-state index in [1.807, 2.05) is 12.3 Å². The van der Waals surface area contributed by atoms with E-state index in [4.69, 9.17) is 0 Å². The van der Waals surface area contributed by atoms with E-state index in [0.29, 0.717) is 0 Å². The SMILES string of the molecule is [CH](Cc1cccs1)c1ccc[nH]1. The van der Waals surface area contributed by atoms with Gasteiger partial charge >= 0.3 is 0 Å². The van der Waals surface area contributed by atoms with Crippen LogP contribution in [0.3, 0.4) is 0 Å². The van der Waals surface area contributed by atoms with Gasteiger partial charge in [-0.15, -0.1) is 11.3 Å². The molecule has 0 bridgehead atoms. The van der Waals surface area contributed by atoms with Crippen LogP contribution in [-0.4, -0.2) is 4.98 Å². The maximum Gasteiger partial charge on any atom is 0.0189 e. The van der Waals surface area contributed by atoms with Crippen molar-refractivity contribution in [3.8, 4) is 0 Å². The molecule has 0 amide bonds. The Morgan fingerprint density at radius 3 is 3.00 bits per heavy atom. The minimum atomic E-state index is 1.03. The lowest BCUT2D eigenvalue weighted by atomic mass is 10.2. The van der Waals surface area contributed by atoms with Gasteiger partial charge in [0.15, 0.2) is 0 Å². The second kappa shape index (κ2) is 3.59. The minimum absolute atomic E-state index is 1.03. The predicted octanol–water partition coefficient (Wildman–Crippen LogP) is 2.87. The van der Waals surface area contributed by atoms with Gasteiger partial charge in [0.2, 0.25) is 0 Å². The molecular formula is C10H10NS. The summed E-state index contributed by atoms with van der Waals surface area (Å²) in [4.78, 5) is 4.56. The van der Waals surface area contributed by atoms with E-state index >= 15 is 0 Å². The molecule has 0 saturated carbocycles. The van der Waals surface area contributed by atoms with E-state index in [9.17, 15) is 0 Å². The fourth-order valence-corrected chi connectivity index (χ4v) is 1.78. The lowest BCUT2D eigenvalue weighted by molar-refractivity contribution is 1.15. The van der Waals surface area contributed by atoms with Crippen LogP contribution in [0, 0.1) is 6.42 Å². The molecule has 0 unspecified atom stereocenters. The summed E-state index contributed by atoms with van der Waals surface area (Å²) < 4.78 is 0. The molecule has 0 saturated heterocycles. The summed E-state index contributed by atoms with van der Waals surface area (Å²) in [5.41, 5.74) is 1.20. The molecule has 0 aromatic carbocycles. The average Bonchev–Trinajstić information content (AvgIpc) is 2.74. The Kier molecular flexibility index (Phi) is 2.28. The predicted molar refractivity (Wildman–Crippen MR) is 52.2 cm³/mol. The van der Waals surface area contributed by atoms with E-state index in [0.717, 1.165) is 6.42 Å². The number of nitrogens with one attached hydrogen (secondary N) is 1. The highest BCUT2D eigenvalue weighted by atomic mass is 32.1. The third-order valence-electron chi connectivity index (χ3n) is 1.73. The van der Waals surface area contributed by atoms with Gasteiger partial charge in [0.1, 0.15) is 0 Å². The van der Waals surface area contributed by atoms with Crippen LogP contribution in [0.1, 0.15) is 10.6 Å². The van der Waals surface area contributed by atoms with Crippen LogP contribution >= 0.6 is 11.3 Å². The number of hydrogen-bond acceptors (Lipinski definition) is 1. The van der Waals surface area contributed by atoms with Crippen LogP contribution in [0.5, 0.6) is 0 Å². The first-order valence-electron chi connectivity index (χ1n) is 3.94. The average molecular weight is 176 g/mol. The fourth-order valence-electron chi connectivity index (χ4n) is 1.11. The topological polar surface area (TPSA) is 15.8 Å². The van der Waals surface area contributed by atoms with Gasteiger partial charge in [0.25, 0.3) is 0 Å². The fraction of sp³-hybridized carbons (Fsp3) is 0.100. The minimum Gasteiger partial charge on any atom is -0.365 e. The Morgan fingerprint density at radius 2 is 2.33 bits per heavy atom. The van der Waals surface area contributed by atoms with Crippen LogP contribution in [0.25, 0.3) is 0 Å². The van der Waals surface area contributed by atoms with Crippen molar-refractivity contribution in [3.63, 3.8) is 0 Å². The normalized spacial score (nSPS) is 10.3. The Labute approximate surface area is 76.1 Å². The number of H-pyrrole nitrogens is 1. The van der Waals surface area contributed by atoms with Gasteiger partial charge in [0, 0.05) is 23.2 Å². The summed E-state index contributed by atoms with van der Waals surface area (Å²) in [7, 11) is 0. The van der Waals surface area contributed by atoms with Crippen molar-refractivity contribution in [2.24, 2.45) is 0 Å². The summed E-state index contributed by atoms with van der Waals surface area (Å²) in [5.74, 6) is 0. The third-order valence-corrected chi connectivity index (χ3v) is 2.62. The van der Waals surface area contributed by atoms with Crippen molar-refractivity contribution in [1.29, 1.82) is 0 Å². The molecule has 1 radical (unpaired) electrons. The molecule has 61 valence electrons. The Balaban J connectivity index is 1.91. The molecule has 2 aromatic heterocycles. The lowest BCUT2D eigenvalue weighted by Gasteiger charge is -1.93. The standard InChI is InChI=1S/C10H10NS/c1-3-9(11-7-1)5-6-10-4-2-8-12-10/h1-5,7-8,11H,6H2. The van der Waals surface area contributed by atoms with Crippen molar-refractivity contribution < 1.29 is 0 Å². The third kappa shape index (κ3) is 1.77. The molecule has 2 aromatic rings. The highest BCUT2D eigenvalue weighted by Gasteiger charge is 1.96. The number of aromatic amines is 1. The summed E-state index contributed by atoms with van der Waals surface area (Å²) in [6.45, 7) is 0. The molecule has 0 fully saturated rings. The van der Waals surface area contributed by atoms with Gasteiger partial charge in [-0.25, -0.2) is 0 Å². The van der Waals surface area contributed by atoms with E-state index in [1.54, 1.807) is 11.3 Å². The first-order chi connectivity index (χ1) is 5.95. The summed E-state index contributed by atoms with van der Waals surface area (Å²) in [6, 6.07) is 8.33. The number of hydrogen-bond donors (Lipinski definition) is 1. The van der Waals surface area contributed by atoms with Crippen LogP contribution in [0.15, 0.2) is 35.8 Å². The van der Waals surface area contributed by atoms with Gasteiger partial charge in [-0.2, -0.15) is 0 Å². The lowest BCUT2D eigenvalue weighted by Crippen LogP contribution is -1.84. The molecule has 2 heterocycles. The second-order valence-corrected chi connectivity index (χ2v) is 3.65. The molecule has 2 heteroatoms. The second-order valence-electron chi connectivity index (χ2n) is 2.61. The molecule has 1 N–H and O–H groups in total. The van der Waals surface area contributed by atoms with Gasteiger partial charge in [-0.3, -0.25) is 0 Å². The summed E-state index contributed by atoms with van der Waals surface area (Å²) in [5, 5.41) is 2.11. The first-order valence-corrected chi connectivity index (χ1v) is 4.82. The van der Waals surface area contributed by atoms with E-state index in [2.05, 4.69) is 35.0 Å². The van der Waals surface area contributed by atoms with Gasteiger partial charge < -0.3 is 4.98 Å². The van der Waals surface area contributed by atoms with Gasteiger partial charge in [-0.05, 0) is 30.0 Å². The Hall–Kier alpha value is -1.02. The molecule has 0 atom stereocenters. The maximum absolute atomic E-state index is 3.15. The van der Waals surface area contributed by atoms with Crippen LogP contribution in [0.4, 0.5) is 0 Å². The largest absolute Gasteiger partial charge is 0.365 e. The van der Waals surface area contributed by atoms with E-state index in [1.165, 1.54) is 10.6 Å². The van der Waals surface area contributed by atoms with Gasteiger partial charge in [0.05, 0.1) is 0 Å². The van der Waals surface area contributed by atoms with Crippen molar-refractivity contribution >= 4 is 11.3 Å². The molecular weight excluding hydrogens is 166 g/mol. The van der Waals surface area contributed by atoms with E-state index < -0.39 is 0 Å². The number of aromatic nitrogens is 1. The van der Waals surface area contributed by atoms with Crippen molar-refractivity contribution in [2.45, 2.75) is 6.42 Å². The van der Waals surface area contributed by atoms with Crippen LogP contribution < -0.4 is 0 Å². The van der Waals surface area contributed by atoms with Crippen LogP contribution in [0.2, 0.25) is 0 Å². The van der Waals surface area contributed by atoms with Crippen LogP contribution in [-0.2, 0) is 6.42 Å². The van der Waals surface area contributed by atoms with Gasteiger partial charge in [-0.1, -0.05) is 6.07 Å². The Morgan fingerprint density at radius 1 is 1.33 bits per heavy atom. The Bertz CT molecular complexity index is 273. The van der Waals surface area contributed by atoms with Crippen molar-refractivity contribution in [2.75, 3.05) is 0 Å². The molecule has 0 spiro atoms. The highest BCUT2D eigenvalue weighted by molar-refractivity contribution is 7.09. The molecule has 0 aliphatic rings. The smallest absolute Gasteiger partial charge is 0.0189 e. The van der Waals surface area contributed by atoms with Crippen molar-refractivity contribution in [3.05, 3.63) is 52.8 Å². The number of thiophene rings is 1. The first kappa shape index (κ1) is 7.62. The monoisotopic (exact) mass is 176 g/mol. The van der Waals surface area contributed by atoms with E-state index in [-0.39, 0.29) is 0 Å². The molecule has 12 heavy (non-hydrogen) atoms. The number of rotatable bonds is 3. The molecule has 0 aliphatic carbocycles.